The minimum Gasteiger partial charge on any atom is -0.316 e. The lowest BCUT2D eigenvalue weighted by molar-refractivity contribution is 0.577. The molecule has 0 saturated carbocycles. The van der Waals surface area contributed by atoms with Crippen molar-refractivity contribution in [3.05, 3.63) is 28.2 Å². The fourth-order valence-electron chi connectivity index (χ4n) is 1.36. The first-order chi connectivity index (χ1) is 7.99. The molecular formula is C11H18BrClN2O2S. The molecule has 4 nitrogen and oxygen atoms in total. The molecule has 7 heteroatoms. The quantitative estimate of drug-likeness (QED) is 0.766. The first-order valence-electron chi connectivity index (χ1n) is 5.44. The van der Waals surface area contributed by atoms with E-state index in [1.54, 1.807) is 12.1 Å². The molecule has 0 spiro atoms. The largest absolute Gasteiger partial charge is 0.316 e. The van der Waals surface area contributed by atoms with Crippen LogP contribution in [-0.2, 0) is 10.0 Å². The van der Waals surface area contributed by atoms with Crippen molar-refractivity contribution in [2.24, 2.45) is 0 Å². The zero-order chi connectivity index (χ0) is 12.9. The van der Waals surface area contributed by atoms with Crippen LogP contribution >= 0.6 is 28.3 Å². The van der Waals surface area contributed by atoms with Crippen molar-refractivity contribution in [1.82, 2.24) is 10.0 Å². The van der Waals surface area contributed by atoms with Crippen LogP contribution < -0.4 is 10.0 Å². The molecule has 18 heavy (non-hydrogen) atoms. The van der Waals surface area contributed by atoms with E-state index >= 15 is 0 Å². The van der Waals surface area contributed by atoms with Gasteiger partial charge in [0.15, 0.2) is 0 Å². The zero-order valence-electron chi connectivity index (χ0n) is 10.4. The van der Waals surface area contributed by atoms with Gasteiger partial charge < -0.3 is 5.32 Å². The Kier molecular flexibility index (Phi) is 8.05. The van der Waals surface area contributed by atoms with Crippen LogP contribution in [0, 0.1) is 6.92 Å². The number of rotatable bonds is 6. The van der Waals surface area contributed by atoms with Crippen LogP contribution in [0.15, 0.2) is 27.6 Å². The number of hydrogen-bond donors (Lipinski definition) is 2. The molecule has 0 aromatic heterocycles. The Morgan fingerprint density at radius 2 is 1.94 bits per heavy atom. The molecule has 0 fully saturated rings. The second-order valence-corrected chi connectivity index (χ2v) is 6.17. The van der Waals surface area contributed by atoms with Crippen LogP contribution in [0.3, 0.4) is 0 Å². The second kappa shape index (κ2) is 8.12. The third-order valence-corrected chi connectivity index (χ3v) is 5.11. The van der Waals surface area contributed by atoms with Gasteiger partial charge >= 0.3 is 0 Å². The van der Waals surface area contributed by atoms with Crippen molar-refractivity contribution >= 4 is 38.4 Å². The summed E-state index contributed by atoms with van der Waals surface area (Å²) in [6.45, 7) is 5.68. The predicted octanol–water partition coefficient (Wildman–Crippen LogP) is 2.07. The first-order valence-corrected chi connectivity index (χ1v) is 7.72. The Morgan fingerprint density at radius 1 is 1.28 bits per heavy atom. The standard InChI is InChI=1S/C11H17BrN2O2S.ClH/c1-3-13-7-8-14-17(15,16)10-6-4-5-9(2)11(10)12;/h4-6,13-14H,3,7-8H2,1-2H3;1H. The van der Waals surface area contributed by atoms with E-state index < -0.39 is 10.0 Å². The summed E-state index contributed by atoms with van der Waals surface area (Å²) < 4.78 is 27.2. The van der Waals surface area contributed by atoms with Crippen LogP contribution in [0.4, 0.5) is 0 Å². The van der Waals surface area contributed by atoms with Crippen molar-refractivity contribution in [3.8, 4) is 0 Å². The maximum atomic E-state index is 12.0. The second-order valence-electron chi connectivity index (χ2n) is 3.64. The van der Waals surface area contributed by atoms with Gasteiger partial charge in [-0.15, -0.1) is 12.4 Å². The fourth-order valence-corrected chi connectivity index (χ4v) is 3.44. The van der Waals surface area contributed by atoms with E-state index in [2.05, 4.69) is 26.0 Å². The van der Waals surface area contributed by atoms with Crippen molar-refractivity contribution in [3.63, 3.8) is 0 Å². The summed E-state index contributed by atoms with van der Waals surface area (Å²) in [5.41, 5.74) is 0.902. The van der Waals surface area contributed by atoms with Crippen molar-refractivity contribution < 1.29 is 8.42 Å². The zero-order valence-corrected chi connectivity index (χ0v) is 13.6. The summed E-state index contributed by atoms with van der Waals surface area (Å²) in [5.74, 6) is 0. The monoisotopic (exact) mass is 356 g/mol. The lowest BCUT2D eigenvalue weighted by Crippen LogP contribution is -2.32. The Morgan fingerprint density at radius 3 is 2.56 bits per heavy atom. The number of aryl methyl sites for hydroxylation is 1. The number of benzene rings is 1. The molecular weight excluding hydrogens is 340 g/mol. The summed E-state index contributed by atoms with van der Waals surface area (Å²) in [4.78, 5) is 0.286. The average Bonchev–Trinajstić information content (AvgIpc) is 2.28. The lowest BCUT2D eigenvalue weighted by Gasteiger charge is -2.10. The number of likely N-dealkylation sites (N-methyl/N-ethyl adjacent to an activating group) is 1. The molecule has 1 aromatic rings. The van der Waals surface area contributed by atoms with Gasteiger partial charge in [-0.3, -0.25) is 0 Å². The van der Waals surface area contributed by atoms with E-state index in [1.165, 1.54) is 0 Å². The highest BCUT2D eigenvalue weighted by Crippen LogP contribution is 2.24. The van der Waals surface area contributed by atoms with Crippen LogP contribution in [0.1, 0.15) is 12.5 Å². The van der Waals surface area contributed by atoms with Gasteiger partial charge in [-0.05, 0) is 41.0 Å². The third-order valence-electron chi connectivity index (χ3n) is 2.29. The summed E-state index contributed by atoms with van der Waals surface area (Å²) in [7, 11) is -3.43. The topological polar surface area (TPSA) is 58.2 Å². The number of halogens is 2. The van der Waals surface area contributed by atoms with E-state index in [4.69, 9.17) is 0 Å². The molecule has 0 aliphatic carbocycles. The summed E-state index contributed by atoms with van der Waals surface area (Å²) >= 11 is 3.30. The molecule has 1 rings (SSSR count). The predicted molar refractivity (Wildman–Crippen MR) is 79.9 cm³/mol. The minimum atomic E-state index is -3.43. The van der Waals surface area contributed by atoms with Gasteiger partial charge in [0.25, 0.3) is 0 Å². The molecule has 0 radical (unpaired) electrons. The van der Waals surface area contributed by atoms with Crippen LogP contribution in [0.5, 0.6) is 0 Å². The molecule has 0 atom stereocenters. The summed E-state index contributed by atoms with van der Waals surface area (Å²) in [6, 6.07) is 5.19. The van der Waals surface area contributed by atoms with Crippen molar-refractivity contribution in [2.45, 2.75) is 18.7 Å². The van der Waals surface area contributed by atoms with E-state index in [0.29, 0.717) is 17.6 Å². The molecule has 1 aromatic carbocycles. The van der Waals surface area contributed by atoms with Gasteiger partial charge in [-0.2, -0.15) is 0 Å². The smallest absolute Gasteiger partial charge is 0.241 e. The minimum absolute atomic E-state index is 0. The molecule has 2 N–H and O–H groups in total. The van der Waals surface area contributed by atoms with E-state index in [9.17, 15) is 8.42 Å². The molecule has 0 amide bonds. The van der Waals surface area contributed by atoms with E-state index in [0.717, 1.165) is 12.1 Å². The van der Waals surface area contributed by atoms with E-state index in [1.807, 2.05) is 19.9 Å². The molecule has 0 aliphatic heterocycles. The molecule has 0 unspecified atom stereocenters. The number of hydrogen-bond acceptors (Lipinski definition) is 3. The Labute approximate surface area is 123 Å². The highest BCUT2D eigenvalue weighted by Gasteiger charge is 2.17. The van der Waals surface area contributed by atoms with Gasteiger partial charge in [-0.1, -0.05) is 19.1 Å². The van der Waals surface area contributed by atoms with Crippen molar-refractivity contribution in [2.75, 3.05) is 19.6 Å². The first kappa shape index (κ1) is 17.9. The summed E-state index contributed by atoms with van der Waals surface area (Å²) in [6.07, 6.45) is 0. The molecule has 104 valence electrons. The molecule has 0 bridgehead atoms. The highest BCUT2D eigenvalue weighted by molar-refractivity contribution is 9.10. The Hall–Kier alpha value is -0.140. The van der Waals surface area contributed by atoms with Crippen molar-refractivity contribution in [1.29, 1.82) is 0 Å². The summed E-state index contributed by atoms with van der Waals surface area (Å²) in [5, 5.41) is 3.06. The Bertz CT molecular complexity index is 480. The number of nitrogens with one attached hydrogen (secondary N) is 2. The highest BCUT2D eigenvalue weighted by atomic mass is 79.9. The molecule has 0 heterocycles. The number of sulfonamides is 1. The van der Waals surface area contributed by atoms with Crippen LogP contribution in [0.2, 0.25) is 0 Å². The normalized spacial score (nSPS) is 11.1. The fraction of sp³-hybridized carbons (Fsp3) is 0.455. The van der Waals surface area contributed by atoms with Gasteiger partial charge in [0, 0.05) is 17.6 Å². The molecule has 0 saturated heterocycles. The van der Waals surface area contributed by atoms with Gasteiger partial charge in [0.05, 0.1) is 4.90 Å². The lowest BCUT2D eigenvalue weighted by atomic mass is 10.2. The maximum absolute atomic E-state index is 12.0. The molecule has 0 aliphatic rings. The third kappa shape index (κ3) is 4.85. The maximum Gasteiger partial charge on any atom is 0.241 e. The average molecular weight is 358 g/mol. The Balaban J connectivity index is 0.00000289. The van der Waals surface area contributed by atoms with Crippen LogP contribution in [0.25, 0.3) is 0 Å². The van der Waals surface area contributed by atoms with Gasteiger partial charge in [0.1, 0.15) is 0 Å². The van der Waals surface area contributed by atoms with Crippen LogP contribution in [-0.4, -0.2) is 28.1 Å². The van der Waals surface area contributed by atoms with Gasteiger partial charge in [-0.25, -0.2) is 13.1 Å². The van der Waals surface area contributed by atoms with E-state index in [-0.39, 0.29) is 17.3 Å². The SMILES string of the molecule is CCNCCNS(=O)(=O)c1cccc(C)c1Br.Cl. The van der Waals surface area contributed by atoms with Gasteiger partial charge in [0.2, 0.25) is 10.0 Å².